The van der Waals surface area contributed by atoms with Gasteiger partial charge in [-0.2, -0.15) is 0 Å². The fourth-order valence-corrected chi connectivity index (χ4v) is 7.33. The van der Waals surface area contributed by atoms with Gasteiger partial charge < -0.3 is 26.1 Å². The molecule has 0 radical (unpaired) electrons. The first-order chi connectivity index (χ1) is 21.3. The first-order valence-corrected chi connectivity index (χ1v) is 16.0. The van der Waals surface area contributed by atoms with Gasteiger partial charge in [0.1, 0.15) is 29.0 Å². The Bertz CT molecular complexity index is 1590. The van der Waals surface area contributed by atoms with E-state index < -0.39 is 46.9 Å². The molecule has 240 valence electrons. The van der Waals surface area contributed by atoms with Gasteiger partial charge in [-0.25, -0.2) is 25.6 Å². The van der Waals surface area contributed by atoms with Gasteiger partial charge in [0.15, 0.2) is 16.7 Å². The van der Waals surface area contributed by atoms with E-state index in [1.165, 1.54) is 47.8 Å². The second kappa shape index (κ2) is 12.7. The smallest absolute Gasteiger partial charge is 0.352 e. The molecule has 45 heavy (non-hydrogen) atoms. The number of hydrogen-bond donors (Lipinski definition) is 7. The summed E-state index contributed by atoms with van der Waals surface area (Å²) in [4.78, 5) is 65.9. The number of aliphatic carboxylic acids is 1. The zero-order valence-electron chi connectivity index (χ0n) is 24.0. The number of β-lactam (4-membered cyclic amide) rings is 1. The molecule has 18 nitrogen and oxygen atoms in total. The molecule has 3 amide bonds. The average Bonchev–Trinajstić information content (AvgIpc) is 3.64. The molecule has 0 spiro atoms. The minimum Gasteiger partial charge on any atom is -0.477 e. The second-order valence-electron chi connectivity index (χ2n) is 10.2. The fraction of sp³-hybridized carbons (Fsp3) is 0.375. The van der Waals surface area contributed by atoms with Crippen LogP contribution in [0.1, 0.15) is 26.5 Å². The molecule has 4 aliphatic rings. The zero-order chi connectivity index (χ0) is 32.6. The monoisotopic (exact) mass is 679 g/mol. The van der Waals surface area contributed by atoms with Crippen molar-refractivity contribution >= 4 is 75.6 Å². The largest absolute Gasteiger partial charge is 0.477 e. The Kier molecular flexibility index (Phi) is 9.09. The number of thioether (sulfide) groups is 2. The van der Waals surface area contributed by atoms with E-state index in [0.717, 1.165) is 16.2 Å². The van der Waals surface area contributed by atoms with Crippen LogP contribution in [0.2, 0.25) is 0 Å². The molecule has 5 heterocycles. The lowest BCUT2D eigenvalue weighted by molar-refractivity contribution is -0.150. The summed E-state index contributed by atoms with van der Waals surface area (Å²) in [5.74, 6) is 2.81. The summed E-state index contributed by atoms with van der Waals surface area (Å²) in [6.45, 7) is 4.35. The van der Waals surface area contributed by atoms with Gasteiger partial charge in [-0.05, 0) is 32.4 Å². The zero-order valence-corrected chi connectivity index (χ0v) is 26.4. The van der Waals surface area contributed by atoms with Crippen molar-refractivity contribution in [1.29, 1.82) is 0 Å². The van der Waals surface area contributed by atoms with Crippen molar-refractivity contribution in [1.82, 2.24) is 36.2 Å². The van der Waals surface area contributed by atoms with Gasteiger partial charge in [-0.3, -0.25) is 29.7 Å². The first-order valence-electron chi connectivity index (χ1n) is 13.1. The highest BCUT2D eigenvalue weighted by atomic mass is 32.2. The summed E-state index contributed by atoms with van der Waals surface area (Å²) in [6, 6.07) is -1.07. The minimum absolute atomic E-state index is 0.0495. The van der Waals surface area contributed by atoms with Gasteiger partial charge in [0.25, 0.3) is 17.7 Å². The van der Waals surface area contributed by atoms with E-state index in [2.05, 4.69) is 26.0 Å². The molecular formula is C24H29N11O7S3. The molecule has 21 heteroatoms. The number of nitrogens with zero attached hydrogens (tertiary/aromatic N) is 6. The van der Waals surface area contributed by atoms with Crippen LogP contribution in [-0.4, -0.2) is 100 Å². The number of fused-ring (bicyclic) bond motifs is 2. The molecule has 0 aromatic carbocycles. The number of aliphatic imine (C=N–C) groups is 1. The number of hydrogen-bond acceptors (Lipinski definition) is 17. The number of hydrazine groups is 3. The number of carboxylic acids is 1. The molecule has 4 aliphatic heterocycles. The van der Waals surface area contributed by atoms with Crippen LogP contribution in [0.4, 0.5) is 5.13 Å². The molecule has 1 saturated heterocycles. The molecule has 3 atom stereocenters. The van der Waals surface area contributed by atoms with Gasteiger partial charge in [-0.1, -0.05) is 5.16 Å². The molecule has 1 aromatic heterocycles. The van der Waals surface area contributed by atoms with E-state index in [1.54, 1.807) is 30.4 Å². The summed E-state index contributed by atoms with van der Waals surface area (Å²) in [7, 11) is 0. The van der Waals surface area contributed by atoms with Gasteiger partial charge in [0.05, 0.1) is 11.2 Å². The van der Waals surface area contributed by atoms with Gasteiger partial charge in [-0.15, -0.1) is 40.4 Å². The number of nitrogens with two attached hydrogens (primary N) is 2. The predicted octanol–water partition coefficient (Wildman–Crippen LogP) is -1.21. The standard InChI is InChI=1S/C24H29N11O7S3/c1-10(36)33-6-13-27-5-4-14(35(13)32-33)43-7-11-8-44-20-16(19(38)34(20)17(11)21(39)40)29-18(37)15(12-9-45-23(25)28-12)31-42-24(2,3)22(41)30-26/h4-6,9-10,16,20,32,36H,7-8,26H2,1-3H3,(H2,25,28)(H,29,37)(H,30,41)(H,39,40)/b31-15-/t10-,16?,20+/m0/s1. The Morgan fingerprint density at radius 2 is 2.13 bits per heavy atom. The molecule has 9 N–H and O–H groups in total. The number of carbonyl (C=O) groups excluding carboxylic acids is 3. The maximum atomic E-state index is 13.4. The van der Waals surface area contributed by atoms with E-state index in [-0.39, 0.29) is 33.7 Å². The summed E-state index contributed by atoms with van der Waals surface area (Å²) >= 11 is 3.67. The number of amides is 3. The quantitative estimate of drug-likeness (QED) is 0.0476. The van der Waals surface area contributed by atoms with E-state index in [0.29, 0.717) is 16.4 Å². The topological polar surface area (TPSA) is 253 Å². The summed E-state index contributed by atoms with van der Waals surface area (Å²) in [5.41, 5.74) is 9.18. The Morgan fingerprint density at radius 1 is 1.38 bits per heavy atom. The number of anilines is 1. The van der Waals surface area contributed by atoms with E-state index in [9.17, 15) is 29.4 Å². The average molecular weight is 680 g/mol. The molecule has 0 aliphatic carbocycles. The van der Waals surface area contributed by atoms with Crippen LogP contribution >= 0.6 is 34.9 Å². The van der Waals surface area contributed by atoms with Crippen LogP contribution < -0.4 is 27.9 Å². The third-order valence-corrected chi connectivity index (χ3v) is 9.82. The van der Waals surface area contributed by atoms with Crippen LogP contribution in [0, 0.1) is 0 Å². The van der Waals surface area contributed by atoms with Crippen molar-refractivity contribution in [2.45, 2.75) is 44.0 Å². The molecule has 5 rings (SSSR count). The predicted molar refractivity (Wildman–Crippen MR) is 166 cm³/mol. The van der Waals surface area contributed by atoms with E-state index >= 15 is 0 Å². The fourth-order valence-electron chi connectivity index (χ4n) is 4.33. The first kappa shape index (κ1) is 32.2. The number of allylic oxidation sites excluding steroid dienone is 1. The van der Waals surface area contributed by atoms with Crippen molar-refractivity contribution in [3.8, 4) is 0 Å². The van der Waals surface area contributed by atoms with Crippen LogP contribution in [0.25, 0.3) is 0 Å². The Balaban J connectivity index is 1.30. The highest BCUT2D eigenvalue weighted by Crippen LogP contribution is 2.42. The number of thiazole rings is 1. The van der Waals surface area contributed by atoms with Crippen LogP contribution in [0.5, 0.6) is 0 Å². The number of aromatic nitrogens is 1. The number of aliphatic hydroxyl groups excluding tert-OH is 1. The van der Waals surface area contributed by atoms with Gasteiger partial charge in [0, 0.05) is 23.1 Å². The van der Waals surface area contributed by atoms with Crippen LogP contribution in [-0.2, 0) is 24.0 Å². The molecule has 1 aromatic rings. The SMILES string of the molecule is C[C@H](O)N1C=C2N=CC=C(SCC3=C(C(=O)O)N4C(=O)C(NC(=O)/C(=N\OC(C)(C)C(=O)NN)c5csc(N)n5)[C@H]4SC3)N2N1. The number of oxime groups is 1. The lowest BCUT2D eigenvalue weighted by Gasteiger charge is -2.49. The van der Waals surface area contributed by atoms with Crippen molar-refractivity contribution in [3.05, 3.63) is 45.5 Å². The third-order valence-electron chi connectivity index (χ3n) is 6.70. The van der Waals surface area contributed by atoms with Crippen molar-refractivity contribution in [2.75, 3.05) is 17.2 Å². The highest BCUT2D eigenvalue weighted by molar-refractivity contribution is 8.03. The van der Waals surface area contributed by atoms with Gasteiger partial charge >= 0.3 is 5.97 Å². The van der Waals surface area contributed by atoms with E-state index in [1.807, 2.05) is 5.43 Å². The number of nitrogens with one attached hydrogen (secondary N) is 3. The summed E-state index contributed by atoms with van der Waals surface area (Å²) in [5, 5.41) is 31.1. The molecule has 1 fully saturated rings. The Morgan fingerprint density at radius 3 is 2.78 bits per heavy atom. The normalized spacial score (nSPS) is 21.8. The number of carboxylic acid groups (broad SMARTS) is 1. The van der Waals surface area contributed by atoms with Crippen molar-refractivity contribution in [2.24, 2.45) is 16.0 Å². The summed E-state index contributed by atoms with van der Waals surface area (Å²) in [6.07, 6.45) is 4.15. The number of aliphatic hydroxyl groups is 1. The molecule has 0 saturated carbocycles. The molecule has 0 bridgehead atoms. The lowest BCUT2D eigenvalue weighted by Crippen LogP contribution is -2.71. The van der Waals surface area contributed by atoms with Gasteiger partial charge in [0.2, 0.25) is 5.60 Å². The number of rotatable bonds is 11. The maximum Gasteiger partial charge on any atom is 0.352 e. The maximum absolute atomic E-state index is 13.4. The third kappa shape index (κ3) is 6.35. The highest BCUT2D eigenvalue weighted by Gasteiger charge is 2.54. The van der Waals surface area contributed by atoms with Crippen molar-refractivity contribution in [3.63, 3.8) is 0 Å². The summed E-state index contributed by atoms with van der Waals surface area (Å²) < 4.78 is 0. The van der Waals surface area contributed by atoms with Crippen LogP contribution in [0.3, 0.4) is 0 Å². The van der Waals surface area contributed by atoms with Crippen LogP contribution in [0.15, 0.2) is 49.9 Å². The van der Waals surface area contributed by atoms with E-state index in [4.69, 9.17) is 16.4 Å². The van der Waals surface area contributed by atoms with Crippen molar-refractivity contribution < 1.29 is 34.2 Å². The second-order valence-corrected chi connectivity index (χ2v) is 13.2. The number of carbonyl (C=O) groups is 4. The number of nitrogen functional groups attached to an aromatic ring is 1. The molecule has 1 unspecified atom stereocenters. The minimum atomic E-state index is -1.56. The molecular weight excluding hydrogens is 651 g/mol. The lowest BCUT2D eigenvalue weighted by atomic mass is 10.0. The Labute approximate surface area is 268 Å². The Hall–Kier alpha value is -4.15.